The summed E-state index contributed by atoms with van der Waals surface area (Å²) in [4.78, 5) is 28.9. The zero-order valence-corrected chi connectivity index (χ0v) is 14.6. The predicted molar refractivity (Wildman–Crippen MR) is 97.8 cm³/mol. The lowest BCUT2D eigenvalue weighted by molar-refractivity contribution is 0.0937. The first kappa shape index (κ1) is 17.1. The standard InChI is InChI=1S/C20H23N3O2/c1-13-7-8-18(14(2)9-13)23-20(25)16-10-15(11-21-12-16)19(24)22-17-5-3-4-6-17/h7-12,17H,3-6H2,1-2H3,(H,22,24)(H,23,25). The Bertz CT molecular complexity index is 795. The van der Waals surface area contributed by atoms with Crippen LogP contribution in [0.25, 0.3) is 0 Å². The number of nitrogens with zero attached hydrogens (tertiary/aromatic N) is 1. The van der Waals surface area contributed by atoms with Gasteiger partial charge in [0.05, 0.1) is 11.1 Å². The fourth-order valence-corrected chi connectivity index (χ4v) is 3.18. The highest BCUT2D eigenvalue weighted by Gasteiger charge is 2.19. The average Bonchev–Trinajstić information content (AvgIpc) is 3.10. The van der Waals surface area contributed by atoms with Gasteiger partial charge in [-0.3, -0.25) is 14.6 Å². The second-order valence-electron chi connectivity index (χ2n) is 6.69. The smallest absolute Gasteiger partial charge is 0.257 e. The molecule has 0 spiro atoms. The number of aromatic nitrogens is 1. The Morgan fingerprint density at radius 1 is 1.00 bits per heavy atom. The molecule has 5 nitrogen and oxygen atoms in total. The molecule has 1 aliphatic rings. The molecule has 2 N–H and O–H groups in total. The number of pyridine rings is 1. The van der Waals surface area contributed by atoms with Crippen LogP contribution in [0.15, 0.2) is 36.7 Å². The van der Waals surface area contributed by atoms with Crippen LogP contribution in [0.4, 0.5) is 5.69 Å². The van der Waals surface area contributed by atoms with E-state index in [0.29, 0.717) is 11.1 Å². The second kappa shape index (κ2) is 7.47. The molecule has 0 atom stereocenters. The first-order valence-corrected chi connectivity index (χ1v) is 8.67. The van der Waals surface area contributed by atoms with E-state index in [1.807, 2.05) is 32.0 Å². The van der Waals surface area contributed by atoms with Crippen LogP contribution >= 0.6 is 0 Å². The van der Waals surface area contributed by atoms with E-state index in [1.54, 1.807) is 6.07 Å². The predicted octanol–water partition coefficient (Wildman–Crippen LogP) is 3.62. The molecule has 5 heteroatoms. The number of aryl methyl sites for hydroxylation is 2. The zero-order chi connectivity index (χ0) is 17.8. The number of nitrogens with one attached hydrogen (secondary N) is 2. The summed E-state index contributed by atoms with van der Waals surface area (Å²) in [7, 11) is 0. The maximum absolute atomic E-state index is 12.5. The topological polar surface area (TPSA) is 71.1 Å². The molecule has 0 saturated heterocycles. The molecule has 1 heterocycles. The second-order valence-corrected chi connectivity index (χ2v) is 6.69. The molecule has 1 aliphatic carbocycles. The van der Waals surface area contributed by atoms with Crippen LogP contribution in [0.5, 0.6) is 0 Å². The molecular formula is C20H23N3O2. The summed E-state index contributed by atoms with van der Waals surface area (Å²) >= 11 is 0. The normalized spacial score (nSPS) is 14.3. The van der Waals surface area contributed by atoms with E-state index in [-0.39, 0.29) is 17.9 Å². The van der Waals surface area contributed by atoms with Crippen molar-refractivity contribution in [2.45, 2.75) is 45.6 Å². The quantitative estimate of drug-likeness (QED) is 0.895. The highest BCUT2D eigenvalue weighted by Crippen LogP contribution is 2.19. The number of benzene rings is 1. The molecule has 0 radical (unpaired) electrons. The van der Waals surface area contributed by atoms with Crippen molar-refractivity contribution in [2.75, 3.05) is 5.32 Å². The van der Waals surface area contributed by atoms with Crippen molar-refractivity contribution >= 4 is 17.5 Å². The minimum Gasteiger partial charge on any atom is -0.349 e. The zero-order valence-electron chi connectivity index (χ0n) is 14.6. The van der Waals surface area contributed by atoms with Crippen LogP contribution in [0.2, 0.25) is 0 Å². The van der Waals surface area contributed by atoms with Gasteiger partial charge in [0, 0.05) is 24.1 Å². The van der Waals surface area contributed by atoms with E-state index in [1.165, 1.54) is 12.4 Å². The Kier molecular flexibility index (Phi) is 5.12. The van der Waals surface area contributed by atoms with E-state index >= 15 is 0 Å². The van der Waals surface area contributed by atoms with Crippen molar-refractivity contribution in [1.82, 2.24) is 10.3 Å². The Labute approximate surface area is 147 Å². The van der Waals surface area contributed by atoms with E-state index in [4.69, 9.17) is 0 Å². The SMILES string of the molecule is Cc1ccc(NC(=O)c2cncc(C(=O)NC3CCCC3)c2)c(C)c1. The molecule has 25 heavy (non-hydrogen) atoms. The fraction of sp³-hybridized carbons (Fsp3) is 0.350. The van der Waals surface area contributed by atoms with Crippen LogP contribution < -0.4 is 10.6 Å². The van der Waals surface area contributed by atoms with Crippen LogP contribution in [0, 0.1) is 13.8 Å². The van der Waals surface area contributed by atoms with Crippen molar-refractivity contribution in [3.63, 3.8) is 0 Å². The van der Waals surface area contributed by atoms with Crippen LogP contribution in [-0.4, -0.2) is 22.8 Å². The van der Waals surface area contributed by atoms with Crippen LogP contribution in [0.3, 0.4) is 0 Å². The van der Waals surface area contributed by atoms with Gasteiger partial charge in [0.25, 0.3) is 11.8 Å². The van der Waals surface area contributed by atoms with Gasteiger partial charge in [-0.1, -0.05) is 30.5 Å². The summed E-state index contributed by atoms with van der Waals surface area (Å²) in [5.41, 5.74) is 3.69. The third-order valence-electron chi connectivity index (χ3n) is 4.58. The molecule has 1 saturated carbocycles. The average molecular weight is 337 g/mol. The fourth-order valence-electron chi connectivity index (χ4n) is 3.18. The molecule has 2 amide bonds. The van der Waals surface area contributed by atoms with E-state index in [2.05, 4.69) is 15.6 Å². The van der Waals surface area contributed by atoms with Gasteiger partial charge < -0.3 is 10.6 Å². The van der Waals surface area contributed by atoms with Gasteiger partial charge in [-0.05, 0) is 44.4 Å². The first-order valence-electron chi connectivity index (χ1n) is 8.67. The van der Waals surface area contributed by atoms with Crippen LogP contribution in [-0.2, 0) is 0 Å². The van der Waals surface area contributed by atoms with E-state index in [9.17, 15) is 9.59 Å². The number of anilines is 1. The summed E-state index contributed by atoms with van der Waals surface area (Å²) in [5.74, 6) is -0.435. The first-order chi connectivity index (χ1) is 12.0. The summed E-state index contributed by atoms with van der Waals surface area (Å²) < 4.78 is 0. The molecule has 130 valence electrons. The van der Waals surface area contributed by atoms with Crippen molar-refractivity contribution in [3.8, 4) is 0 Å². The summed E-state index contributed by atoms with van der Waals surface area (Å²) in [6.45, 7) is 3.96. The summed E-state index contributed by atoms with van der Waals surface area (Å²) in [5, 5.41) is 5.90. The molecule has 0 bridgehead atoms. The van der Waals surface area contributed by atoms with Crippen LogP contribution in [0.1, 0.15) is 57.5 Å². The minimum atomic E-state index is -0.269. The summed E-state index contributed by atoms with van der Waals surface area (Å²) in [6, 6.07) is 7.68. The molecule has 0 aliphatic heterocycles. The monoisotopic (exact) mass is 337 g/mol. The lowest BCUT2D eigenvalue weighted by Crippen LogP contribution is -2.32. The molecule has 2 aromatic rings. The highest BCUT2D eigenvalue weighted by atomic mass is 16.2. The molecule has 1 aromatic carbocycles. The van der Waals surface area contributed by atoms with Gasteiger partial charge >= 0.3 is 0 Å². The van der Waals surface area contributed by atoms with Gasteiger partial charge in [0.2, 0.25) is 0 Å². The Morgan fingerprint density at radius 2 is 1.68 bits per heavy atom. The maximum atomic E-state index is 12.5. The van der Waals surface area contributed by atoms with E-state index in [0.717, 1.165) is 42.5 Å². The number of rotatable bonds is 4. The van der Waals surface area contributed by atoms with Crippen molar-refractivity contribution in [1.29, 1.82) is 0 Å². The van der Waals surface area contributed by atoms with Crippen molar-refractivity contribution in [2.24, 2.45) is 0 Å². The molecule has 1 fully saturated rings. The lowest BCUT2D eigenvalue weighted by atomic mass is 10.1. The van der Waals surface area contributed by atoms with Gasteiger partial charge in [0.1, 0.15) is 0 Å². The number of hydrogen-bond donors (Lipinski definition) is 2. The van der Waals surface area contributed by atoms with Gasteiger partial charge in [-0.25, -0.2) is 0 Å². The minimum absolute atomic E-state index is 0.166. The highest BCUT2D eigenvalue weighted by molar-refractivity contribution is 6.06. The number of carbonyl (C=O) groups is 2. The Balaban J connectivity index is 1.71. The van der Waals surface area contributed by atoms with Crippen molar-refractivity contribution in [3.05, 3.63) is 58.9 Å². The lowest BCUT2D eigenvalue weighted by Gasteiger charge is -2.12. The van der Waals surface area contributed by atoms with Gasteiger partial charge in [0.15, 0.2) is 0 Å². The third-order valence-corrected chi connectivity index (χ3v) is 4.58. The maximum Gasteiger partial charge on any atom is 0.257 e. The van der Waals surface area contributed by atoms with Gasteiger partial charge in [-0.15, -0.1) is 0 Å². The number of hydrogen-bond acceptors (Lipinski definition) is 3. The van der Waals surface area contributed by atoms with Gasteiger partial charge in [-0.2, -0.15) is 0 Å². The summed E-state index contributed by atoms with van der Waals surface area (Å²) in [6.07, 6.45) is 7.32. The molecule has 3 rings (SSSR count). The largest absolute Gasteiger partial charge is 0.349 e. The Hall–Kier alpha value is -2.69. The molecule has 0 unspecified atom stereocenters. The Morgan fingerprint density at radius 3 is 2.36 bits per heavy atom. The van der Waals surface area contributed by atoms with E-state index < -0.39 is 0 Å². The molecule has 1 aromatic heterocycles. The third kappa shape index (κ3) is 4.24. The molecular weight excluding hydrogens is 314 g/mol. The number of amides is 2. The number of carbonyl (C=O) groups excluding carboxylic acids is 2. The van der Waals surface area contributed by atoms with Crippen molar-refractivity contribution < 1.29 is 9.59 Å².